The van der Waals surface area contributed by atoms with E-state index < -0.39 is 17.6 Å². The van der Waals surface area contributed by atoms with Crippen LogP contribution >= 0.6 is 0 Å². The molecule has 0 radical (unpaired) electrons. The van der Waals surface area contributed by atoms with E-state index in [9.17, 15) is 9.90 Å². The summed E-state index contributed by atoms with van der Waals surface area (Å²) < 4.78 is 6.19. The summed E-state index contributed by atoms with van der Waals surface area (Å²) in [5.41, 5.74) is 3.18. The number of carbonyl (C=O) groups excluding carboxylic acids is 1. The van der Waals surface area contributed by atoms with Crippen molar-refractivity contribution in [1.82, 2.24) is 5.32 Å². The van der Waals surface area contributed by atoms with Gasteiger partial charge in [0, 0.05) is 12.2 Å². The van der Waals surface area contributed by atoms with Crippen molar-refractivity contribution in [2.45, 2.75) is 77.9 Å². The van der Waals surface area contributed by atoms with Crippen LogP contribution in [0.15, 0.2) is 85.0 Å². The Morgan fingerprint density at radius 2 is 1.79 bits per heavy atom. The molecule has 1 amide bonds. The van der Waals surface area contributed by atoms with E-state index in [1.54, 1.807) is 6.08 Å². The first-order chi connectivity index (χ1) is 19.0. The highest BCUT2D eigenvalue weighted by atomic mass is 16.5. The topological polar surface area (TPSA) is 61.8 Å². The second-order valence-electron chi connectivity index (χ2n) is 9.66. The molecule has 1 aliphatic heterocycles. The van der Waals surface area contributed by atoms with Crippen molar-refractivity contribution in [3.63, 3.8) is 0 Å². The first kappa shape index (κ1) is 32.1. The predicted molar refractivity (Wildman–Crippen MR) is 164 cm³/mol. The molecular weight excluding hydrogens is 484 g/mol. The number of benzene rings is 2. The van der Waals surface area contributed by atoms with Crippen LogP contribution in [0.2, 0.25) is 0 Å². The summed E-state index contributed by atoms with van der Waals surface area (Å²) in [6.45, 7) is 14.8. The lowest BCUT2D eigenvalue weighted by Gasteiger charge is -2.35. The monoisotopic (exact) mass is 532 g/mol. The van der Waals surface area contributed by atoms with Crippen molar-refractivity contribution in [1.29, 1.82) is 0 Å². The lowest BCUT2D eigenvalue weighted by molar-refractivity contribution is -0.124. The third-order valence-corrected chi connectivity index (χ3v) is 7.14. The number of fused-ring (bicyclic) bond motifs is 1. The molecule has 1 heterocycles. The third-order valence-electron chi connectivity index (χ3n) is 7.14. The van der Waals surface area contributed by atoms with E-state index in [0.717, 1.165) is 53.8 Å². The Hall–Kier alpha value is -3.15. The zero-order valence-electron chi connectivity index (χ0n) is 24.7. The van der Waals surface area contributed by atoms with E-state index in [0.29, 0.717) is 13.2 Å². The Balaban J connectivity index is 0.00000260. The predicted octanol–water partition coefficient (Wildman–Crippen LogP) is 7.29. The number of amides is 1. The van der Waals surface area contributed by atoms with E-state index in [-0.39, 0.29) is 5.91 Å². The van der Waals surface area contributed by atoms with Crippen molar-refractivity contribution in [2.24, 2.45) is 0 Å². The number of rotatable bonds is 14. The molecule has 2 N–H and O–H groups in total. The quantitative estimate of drug-likeness (QED) is 0.251. The van der Waals surface area contributed by atoms with Crippen LogP contribution in [-0.4, -0.2) is 37.3 Å². The summed E-state index contributed by atoms with van der Waals surface area (Å²) in [5.74, 6) is 0.804. The fourth-order valence-electron chi connectivity index (χ4n) is 5.49. The second kappa shape index (κ2) is 16.1. The summed E-state index contributed by atoms with van der Waals surface area (Å²) in [6.07, 6.45) is 10.1. The average molecular weight is 533 g/mol. The largest absolute Gasteiger partial charge is 0.489 e. The second-order valence-corrected chi connectivity index (χ2v) is 9.66. The fourth-order valence-corrected chi connectivity index (χ4v) is 5.49. The van der Waals surface area contributed by atoms with Gasteiger partial charge >= 0.3 is 0 Å². The van der Waals surface area contributed by atoms with Gasteiger partial charge in [-0.2, -0.15) is 0 Å². The number of carbonyl (C=O) groups is 1. The van der Waals surface area contributed by atoms with E-state index >= 15 is 0 Å². The van der Waals surface area contributed by atoms with E-state index in [2.05, 4.69) is 31.8 Å². The van der Waals surface area contributed by atoms with Gasteiger partial charge in [-0.15, -0.1) is 0 Å². The number of nitrogens with zero attached hydrogens (tertiary/aromatic N) is 1. The lowest BCUT2D eigenvalue weighted by Crippen LogP contribution is -2.47. The van der Waals surface area contributed by atoms with Crippen LogP contribution in [0.3, 0.4) is 0 Å². The highest BCUT2D eigenvalue weighted by molar-refractivity contribution is 6.09. The van der Waals surface area contributed by atoms with Gasteiger partial charge in [-0.05, 0) is 61.7 Å². The molecule has 39 heavy (non-hydrogen) atoms. The molecule has 0 saturated carbocycles. The van der Waals surface area contributed by atoms with Crippen LogP contribution < -0.4 is 15.0 Å². The molecule has 5 nitrogen and oxygen atoms in total. The Morgan fingerprint density at radius 1 is 1.13 bits per heavy atom. The summed E-state index contributed by atoms with van der Waals surface area (Å²) in [6, 6.07) is 15.3. The molecular formula is C34H48N2O3. The molecule has 2 aromatic rings. The van der Waals surface area contributed by atoms with Crippen LogP contribution in [0.4, 0.5) is 5.69 Å². The molecule has 0 bridgehead atoms. The number of hydrogen-bond acceptors (Lipinski definition) is 4. The maximum Gasteiger partial charge on any atom is 0.238 e. The highest BCUT2D eigenvalue weighted by Gasteiger charge is 2.52. The van der Waals surface area contributed by atoms with Crippen molar-refractivity contribution in [3.05, 3.63) is 96.1 Å². The van der Waals surface area contributed by atoms with Gasteiger partial charge in [-0.3, -0.25) is 4.79 Å². The van der Waals surface area contributed by atoms with Gasteiger partial charge in [-0.25, -0.2) is 0 Å². The summed E-state index contributed by atoms with van der Waals surface area (Å²) in [4.78, 5) is 16.3. The summed E-state index contributed by atoms with van der Waals surface area (Å²) in [7, 11) is 1.82. The minimum atomic E-state index is -0.770. The maximum atomic E-state index is 14.5. The number of ether oxygens (including phenoxy) is 1. The Labute approximate surface area is 236 Å². The minimum Gasteiger partial charge on any atom is -0.489 e. The smallest absolute Gasteiger partial charge is 0.238 e. The van der Waals surface area contributed by atoms with E-state index in [4.69, 9.17) is 4.74 Å². The SMILES string of the molecule is C=C/C=C\C(=C/C)COc1ccc2c(c1)C(CCC)(CCC)C(=O)N2C(c1ccccc1)C(O)CNC.CC. The number of nitrogens with one attached hydrogen (secondary N) is 1. The molecule has 2 aromatic carbocycles. The first-order valence-corrected chi connectivity index (χ1v) is 14.4. The van der Waals surface area contributed by atoms with Crippen molar-refractivity contribution < 1.29 is 14.6 Å². The van der Waals surface area contributed by atoms with Gasteiger partial charge in [0.2, 0.25) is 5.91 Å². The van der Waals surface area contributed by atoms with Gasteiger partial charge in [0.25, 0.3) is 0 Å². The molecule has 0 aromatic heterocycles. The first-order valence-electron chi connectivity index (χ1n) is 14.4. The molecule has 2 unspecified atom stereocenters. The fraction of sp³-hybridized carbons (Fsp3) is 0.441. The van der Waals surface area contributed by atoms with Gasteiger partial charge < -0.3 is 20.1 Å². The standard InChI is InChI=1S/C32H42N2O3.C2H6/c1-6-10-14-24(9-4)23-37-26-17-18-28-27(21-26)32(19-7-2,20-8-3)31(36)34(28)30(29(35)22-33-5)25-15-12-11-13-16-25;1-2/h6,9-18,21,29-30,33,35H,1,7-8,19-20,22-23H2,2-5H3;1-2H3/b14-10-,24-9+;. The number of allylic oxidation sites excluding steroid dienone is 3. The third kappa shape index (κ3) is 7.28. The number of hydrogen-bond donors (Lipinski definition) is 2. The van der Waals surface area contributed by atoms with Gasteiger partial charge in [0.15, 0.2) is 0 Å². The Kier molecular flexibility index (Phi) is 13.2. The van der Waals surface area contributed by atoms with Crippen LogP contribution in [0.25, 0.3) is 0 Å². The Bertz CT molecular complexity index is 1100. The molecule has 0 saturated heterocycles. The number of likely N-dealkylation sites (N-methyl/N-ethyl adjacent to an activating group) is 1. The van der Waals surface area contributed by atoms with E-state index in [1.165, 1.54) is 0 Å². The van der Waals surface area contributed by atoms with Crippen LogP contribution in [-0.2, 0) is 10.2 Å². The number of aliphatic hydroxyl groups is 1. The van der Waals surface area contributed by atoms with Gasteiger partial charge in [0.05, 0.1) is 17.6 Å². The molecule has 0 fully saturated rings. The number of aliphatic hydroxyl groups excluding tert-OH is 1. The molecule has 0 spiro atoms. The normalized spacial score (nSPS) is 15.9. The highest BCUT2D eigenvalue weighted by Crippen LogP contribution is 2.52. The van der Waals surface area contributed by atoms with Crippen molar-refractivity contribution in [2.75, 3.05) is 25.1 Å². The van der Waals surface area contributed by atoms with Crippen LogP contribution in [0.1, 0.15) is 77.5 Å². The molecule has 5 heteroatoms. The zero-order valence-corrected chi connectivity index (χ0v) is 24.7. The average Bonchev–Trinajstić information content (AvgIpc) is 3.18. The Morgan fingerprint density at radius 3 is 2.36 bits per heavy atom. The van der Waals surface area contributed by atoms with E-state index in [1.807, 2.05) is 93.4 Å². The minimum absolute atomic E-state index is 0.0652. The van der Waals surface area contributed by atoms with Crippen molar-refractivity contribution >= 4 is 11.6 Å². The van der Waals surface area contributed by atoms with Crippen LogP contribution in [0, 0.1) is 0 Å². The summed E-state index contributed by atoms with van der Waals surface area (Å²) >= 11 is 0. The zero-order chi connectivity index (χ0) is 28.8. The molecule has 1 aliphatic rings. The molecule has 212 valence electrons. The van der Waals surface area contributed by atoms with Gasteiger partial charge in [-0.1, -0.05) is 102 Å². The summed E-state index contributed by atoms with van der Waals surface area (Å²) in [5, 5.41) is 14.4. The molecule has 2 atom stereocenters. The van der Waals surface area contributed by atoms with Gasteiger partial charge in [0.1, 0.15) is 12.4 Å². The van der Waals surface area contributed by atoms with Crippen molar-refractivity contribution in [3.8, 4) is 5.75 Å². The molecule has 0 aliphatic carbocycles. The number of anilines is 1. The maximum absolute atomic E-state index is 14.5. The molecule has 3 rings (SSSR count). The lowest BCUT2D eigenvalue weighted by atomic mass is 9.74. The van der Waals surface area contributed by atoms with Crippen LogP contribution in [0.5, 0.6) is 5.75 Å².